The van der Waals surface area contributed by atoms with E-state index in [2.05, 4.69) is 116 Å². The molecular formula is C37H24N2S. The Morgan fingerprint density at radius 1 is 0.675 bits per heavy atom. The van der Waals surface area contributed by atoms with Gasteiger partial charge in [0.1, 0.15) is 0 Å². The summed E-state index contributed by atoms with van der Waals surface area (Å²) < 4.78 is 2.57. The molecule has 2 heterocycles. The zero-order valence-corrected chi connectivity index (χ0v) is 22.8. The molecular weight excluding hydrogens is 504 g/mol. The third-order valence-corrected chi connectivity index (χ3v) is 9.74. The highest BCUT2D eigenvalue weighted by atomic mass is 32.1. The van der Waals surface area contributed by atoms with Crippen molar-refractivity contribution in [1.29, 1.82) is 0 Å². The summed E-state index contributed by atoms with van der Waals surface area (Å²) >= 11 is 1.87. The van der Waals surface area contributed by atoms with Gasteiger partial charge in [0.15, 0.2) is 5.82 Å². The minimum absolute atomic E-state index is 0.472. The van der Waals surface area contributed by atoms with E-state index >= 15 is 0 Å². The van der Waals surface area contributed by atoms with Crippen LogP contribution in [0.15, 0.2) is 103 Å². The highest BCUT2D eigenvalue weighted by Crippen LogP contribution is 2.52. The third-order valence-electron chi connectivity index (χ3n) is 8.55. The molecule has 188 valence electrons. The van der Waals surface area contributed by atoms with Crippen LogP contribution in [-0.2, 0) is 6.42 Å². The molecule has 9 rings (SSSR count). The number of fused-ring (bicyclic) bond motifs is 4. The molecule has 3 heteroatoms. The zero-order valence-electron chi connectivity index (χ0n) is 22.0. The van der Waals surface area contributed by atoms with Crippen LogP contribution in [0.4, 0.5) is 0 Å². The second kappa shape index (κ2) is 8.20. The number of hydrogen-bond donors (Lipinski definition) is 0. The average molecular weight is 529 g/mol. The van der Waals surface area contributed by atoms with Gasteiger partial charge in [-0.2, -0.15) is 0 Å². The number of thiophene rings is 1. The van der Waals surface area contributed by atoms with Crippen molar-refractivity contribution in [3.05, 3.63) is 114 Å². The van der Waals surface area contributed by atoms with Gasteiger partial charge in [-0.15, -0.1) is 11.3 Å². The first kappa shape index (κ1) is 22.2. The van der Waals surface area contributed by atoms with E-state index in [4.69, 9.17) is 9.97 Å². The quantitative estimate of drug-likeness (QED) is 0.223. The first-order valence-electron chi connectivity index (χ1n) is 13.9. The Labute approximate surface area is 236 Å². The van der Waals surface area contributed by atoms with E-state index in [1.54, 1.807) is 0 Å². The van der Waals surface area contributed by atoms with E-state index in [0.717, 1.165) is 34.8 Å². The summed E-state index contributed by atoms with van der Waals surface area (Å²) in [5, 5.41) is 5.25. The summed E-state index contributed by atoms with van der Waals surface area (Å²) in [7, 11) is 0. The molecule has 0 bridgehead atoms. The second-order valence-electron chi connectivity index (χ2n) is 11.0. The van der Waals surface area contributed by atoms with Gasteiger partial charge >= 0.3 is 0 Å². The monoisotopic (exact) mass is 528 g/mol. The molecule has 0 N–H and O–H groups in total. The second-order valence-corrected chi connectivity index (χ2v) is 12.1. The summed E-state index contributed by atoms with van der Waals surface area (Å²) in [4.78, 5) is 10.6. The summed E-state index contributed by atoms with van der Waals surface area (Å²) in [6, 6.07) is 35.3. The van der Waals surface area contributed by atoms with Crippen LogP contribution in [0.5, 0.6) is 0 Å². The van der Waals surface area contributed by atoms with Crippen molar-refractivity contribution < 1.29 is 0 Å². The van der Waals surface area contributed by atoms with Crippen LogP contribution in [0, 0.1) is 5.92 Å². The van der Waals surface area contributed by atoms with Crippen LogP contribution in [0.1, 0.15) is 18.2 Å². The van der Waals surface area contributed by atoms with Gasteiger partial charge in [0.2, 0.25) is 0 Å². The first-order valence-corrected chi connectivity index (χ1v) is 14.7. The molecule has 7 aromatic rings. The Kier molecular flexibility index (Phi) is 4.56. The molecule has 0 amide bonds. The molecule has 5 aromatic carbocycles. The topological polar surface area (TPSA) is 25.8 Å². The lowest BCUT2D eigenvalue weighted by Gasteiger charge is -2.20. The van der Waals surface area contributed by atoms with Crippen molar-refractivity contribution in [2.75, 3.05) is 0 Å². The van der Waals surface area contributed by atoms with Crippen LogP contribution in [0.2, 0.25) is 0 Å². The smallest absolute Gasteiger partial charge is 0.161 e. The van der Waals surface area contributed by atoms with Gasteiger partial charge < -0.3 is 0 Å². The van der Waals surface area contributed by atoms with Gasteiger partial charge in [0, 0.05) is 36.9 Å². The Bertz CT molecular complexity index is 2190. The van der Waals surface area contributed by atoms with Gasteiger partial charge in [-0.25, -0.2) is 9.97 Å². The van der Waals surface area contributed by atoms with Crippen molar-refractivity contribution in [3.8, 4) is 44.9 Å². The number of hydrogen-bond acceptors (Lipinski definition) is 3. The number of benzene rings is 5. The van der Waals surface area contributed by atoms with E-state index in [-0.39, 0.29) is 0 Å². The Balaban J connectivity index is 1.43. The van der Waals surface area contributed by atoms with Crippen molar-refractivity contribution in [3.63, 3.8) is 0 Å². The number of aromatic nitrogens is 2. The molecule has 0 radical (unpaired) electrons. The Morgan fingerprint density at radius 2 is 1.40 bits per heavy atom. The molecule has 0 aliphatic heterocycles. The van der Waals surface area contributed by atoms with E-state index in [9.17, 15) is 0 Å². The highest BCUT2D eigenvalue weighted by Gasteiger charge is 2.26. The normalized spacial score (nSPS) is 15.2. The lowest BCUT2D eigenvalue weighted by Crippen LogP contribution is -2.10. The largest absolute Gasteiger partial charge is 0.228 e. The van der Waals surface area contributed by atoms with Crippen LogP contribution >= 0.6 is 11.3 Å². The molecule has 2 aliphatic carbocycles. The van der Waals surface area contributed by atoms with Gasteiger partial charge in [0.05, 0.1) is 11.4 Å². The molecule has 2 nitrogen and oxygen atoms in total. The fourth-order valence-corrected chi connectivity index (χ4v) is 8.02. The maximum absolute atomic E-state index is 5.35. The van der Waals surface area contributed by atoms with Crippen molar-refractivity contribution >= 4 is 48.4 Å². The summed E-state index contributed by atoms with van der Waals surface area (Å²) in [6.45, 7) is 2.26. The van der Waals surface area contributed by atoms with Crippen LogP contribution in [-0.4, -0.2) is 9.97 Å². The Morgan fingerprint density at radius 3 is 2.23 bits per heavy atom. The maximum Gasteiger partial charge on any atom is 0.161 e. The molecule has 2 aliphatic rings. The fraction of sp³-hybridized carbons (Fsp3) is 0.0811. The highest BCUT2D eigenvalue weighted by molar-refractivity contribution is 7.26. The minimum Gasteiger partial charge on any atom is -0.228 e. The minimum atomic E-state index is 0.472. The predicted octanol–water partition coefficient (Wildman–Crippen LogP) is 10.2. The zero-order chi connectivity index (χ0) is 26.4. The van der Waals surface area contributed by atoms with Gasteiger partial charge in [-0.3, -0.25) is 0 Å². The summed E-state index contributed by atoms with van der Waals surface area (Å²) in [5.41, 5.74) is 10.8. The van der Waals surface area contributed by atoms with E-state index in [0.29, 0.717) is 5.92 Å². The SMILES string of the molecule is CC1C=Cc2nc(-c3cc4cccc5c4c4c3sc3cccc(c34)-c3ccccc3-5)nc(-c3ccccc3)c2C1. The van der Waals surface area contributed by atoms with Crippen molar-refractivity contribution in [2.24, 2.45) is 5.92 Å². The molecule has 40 heavy (non-hydrogen) atoms. The van der Waals surface area contributed by atoms with E-state index < -0.39 is 0 Å². The fourth-order valence-electron chi connectivity index (χ4n) is 6.78. The van der Waals surface area contributed by atoms with Crippen molar-refractivity contribution in [1.82, 2.24) is 9.97 Å². The number of rotatable bonds is 2. The van der Waals surface area contributed by atoms with E-state index in [1.807, 2.05) is 11.3 Å². The lowest BCUT2D eigenvalue weighted by atomic mass is 9.90. The molecule has 0 fully saturated rings. The first-order chi connectivity index (χ1) is 19.7. The molecule has 1 unspecified atom stereocenters. The number of nitrogens with zero attached hydrogens (tertiary/aromatic N) is 2. The molecule has 0 spiro atoms. The average Bonchev–Trinajstić information content (AvgIpc) is 3.34. The molecule has 1 atom stereocenters. The lowest BCUT2D eigenvalue weighted by molar-refractivity contribution is 0.711. The Hall–Kier alpha value is -4.60. The maximum atomic E-state index is 5.35. The standard InChI is InChI=1S/C37H24N2S/c1-21-17-18-30-28(19-21)35(22-9-3-2-4-10-22)39-37(38-30)29-20-23-11-7-14-26-24-12-5-6-13-25(24)27-15-8-16-31-33(27)34(32(23)26)36(29)40-31/h2-18,20-21H,19H2,1H3. The number of allylic oxidation sites excluding steroid dienone is 1. The predicted molar refractivity (Wildman–Crippen MR) is 170 cm³/mol. The third kappa shape index (κ3) is 3.04. The van der Waals surface area contributed by atoms with Crippen LogP contribution < -0.4 is 0 Å². The molecule has 2 aromatic heterocycles. The van der Waals surface area contributed by atoms with Gasteiger partial charge in [0.25, 0.3) is 0 Å². The molecule has 0 saturated heterocycles. The summed E-state index contributed by atoms with van der Waals surface area (Å²) in [6.07, 6.45) is 5.43. The van der Waals surface area contributed by atoms with Gasteiger partial charge in [-0.05, 0) is 63.6 Å². The van der Waals surface area contributed by atoms with Crippen molar-refractivity contribution in [2.45, 2.75) is 13.3 Å². The van der Waals surface area contributed by atoms with Crippen LogP contribution in [0.25, 0.3) is 81.9 Å². The summed E-state index contributed by atoms with van der Waals surface area (Å²) in [5.74, 6) is 1.28. The molecule has 0 saturated carbocycles. The van der Waals surface area contributed by atoms with Gasteiger partial charge in [-0.1, -0.05) is 97.9 Å². The van der Waals surface area contributed by atoms with Crippen LogP contribution in [0.3, 0.4) is 0 Å². The van der Waals surface area contributed by atoms with E-state index in [1.165, 1.54) is 58.8 Å².